The van der Waals surface area contributed by atoms with Gasteiger partial charge in [0, 0.05) is 22.8 Å². The second-order valence-corrected chi connectivity index (χ2v) is 7.99. The number of methoxy groups -OCH3 is 1. The summed E-state index contributed by atoms with van der Waals surface area (Å²) in [5.74, 6) is -3.88. The van der Waals surface area contributed by atoms with E-state index >= 15 is 0 Å². The van der Waals surface area contributed by atoms with Gasteiger partial charge in [-0.25, -0.2) is 4.79 Å². The molecule has 6 nitrogen and oxygen atoms in total. The van der Waals surface area contributed by atoms with E-state index in [1.165, 1.54) is 18.4 Å². The van der Waals surface area contributed by atoms with Crippen molar-refractivity contribution in [2.24, 2.45) is 11.8 Å². The molecule has 0 saturated heterocycles. The number of hydrogen-bond donors (Lipinski definition) is 1. The third-order valence-corrected chi connectivity index (χ3v) is 6.20. The van der Waals surface area contributed by atoms with Gasteiger partial charge in [-0.15, -0.1) is 11.3 Å². The highest BCUT2D eigenvalue weighted by molar-refractivity contribution is 7.15. The van der Waals surface area contributed by atoms with E-state index in [2.05, 4.69) is 5.32 Å². The van der Waals surface area contributed by atoms with Crippen molar-refractivity contribution in [1.29, 1.82) is 0 Å². The first-order chi connectivity index (χ1) is 13.8. The molecule has 1 aliphatic rings. The first kappa shape index (κ1) is 20.8. The van der Waals surface area contributed by atoms with Crippen LogP contribution in [0.2, 0.25) is 0 Å². The smallest absolute Gasteiger partial charge is 0.341 e. The van der Waals surface area contributed by atoms with Gasteiger partial charge in [0.15, 0.2) is 0 Å². The third-order valence-electron chi connectivity index (χ3n) is 5.31. The molecule has 0 fully saturated rings. The minimum Gasteiger partial charge on any atom is -0.550 e. The Balaban J connectivity index is 1.95. The summed E-state index contributed by atoms with van der Waals surface area (Å²) in [5, 5.41) is 16.3. The molecule has 2 aromatic rings. The Kier molecular flexibility index (Phi) is 6.17. The number of nitrogens with one attached hydrogen (secondary N) is 1. The molecule has 0 saturated carbocycles. The highest BCUT2D eigenvalue weighted by atomic mass is 32.1. The zero-order chi connectivity index (χ0) is 21.1. The number of carbonyl (C=O) groups is 3. The van der Waals surface area contributed by atoms with Crippen molar-refractivity contribution in [3.8, 4) is 11.1 Å². The number of allylic oxidation sites excluding steroid dienone is 2. The number of rotatable bonds is 5. The maximum atomic E-state index is 12.8. The number of aryl methyl sites for hydroxylation is 2. The molecular weight excluding hydrogens is 390 g/mol. The Hall–Kier alpha value is -2.93. The lowest BCUT2D eigenvalue weighted by Gasteiger charge is -2.28. The van der Waals surface area contributed by atoms with Gasteiger partial charge in [-0.1, -0.05) is 30.4 Å². The van der Waals surface area contributed by atoms with E-state index in [-0.39, 0.29) is 12.0 Å². The second-order valence-electron chi connectivity index (χ2n) is 7.11. The summed E-state index contributed by atoms with van der Waals surface area (Å²) in [6, 6.07) is 5.87. The highest BCUT2D eigenvalue weighted by Crippen LogP contribution is 2.38. The van der Waals surface area contributed by atoms with E-state index in [1.807, 2.05) is 32.0 Å². The molecular formula is C22H22NO5S-. The van der Waals surface area contributed by atoms with Crippen LogP contribution >= 0.6 is 11.3 Å². The van der Waals surface area contributed by atoms with Gasteiger partial charge >= 0.3 is 5.97 Å². The summed E-state index contributed by atoms with van der Waals surface area (Å²) in [4.78, 5) is 36.7. The molecule has 0 radical (unpaired) electrons. The average Bonchev–Trinajstić information content (AvgIpc) is 3.12. The molecule has 0 bridgehead atoms. The van der Waals surface area contributed by atoms with Crippen molar-refractivity contribution < 1.29 is 24.2 Å². The van der Waals surface area contributed by atoms with Crippen LogP contribution in [-0.4, -0.2) is 25.0 Å². The zero-order valence-corrected chi connectivity index (χ0v) is 17.3. The van der Waals surface area contributed by atoms with Crippen LogP contribution in [0.25, 0.3) is 11.1 Å². The normalized spacial score (nSPS) is 18.3. The highest BCUT2D eigenvalue weighted by Gasteiger charge is 2.31. The van der Waals surface area contributed by atoms with Gasteiger partial charge in [0.05, 0.1) is 13.0 Å². The van der Waals surface area contributed by atoms with E-state index < -0.39 is 29.7 Å². The van der Waals surface area contributed by atoms with E-state index in [9.17, 15) is 19.5 Å². The number of benzene rings is 1. The Morgan fingerprint density at radius 2 is 1.79 bits per heavy atom. The summed E-state index contributed by atoms with van der Waals surface area (Å²) >= 11 is 1.21. The third kappa shape index (κ3) is 4.24. The second kappa shape index (κ2) is 8.61. The van der Waals surface area contributed by atoms with Crippen LogP contribution in [0.4, 0.5) is 5.00 Å². The molecule has 0 unspecified atom stereocenters. The van der Waals surface area contributed by atoms with Crippen LogP contribution < -0.4 is 10.4 Å². The summed E-state index contributed by atoms with van der Waals surface area (Å²) in [6.45, 7) is 3.99. The molecule has 7 heteroatoms. The summed E-state index contributed by atoms with van der Waals surface area (Å²) in [6.07, 6.45) is 4.10. The largest absolute Gasteiger partial charge is 0.550 e. The minimum atomic E-state index is -1.25. The number of ether oxygens (including phenoxy) is 1. The van der Waals surface area contributed by atoms with Crippen molar-refractivity contribution in [3.63, 3.8) is 0 Å². The number of carbonyl (C=O) groups excluding carboxylic acids is 3. The van der Waals surface area contributed by atoms with Crippen molar-refractivity contribution >= 4 is 34.2 Å². The van der Waals surface area contributed by atoms with Crippen LogP contribution in [0.1, 0.15) is 34.3 Å². The van der Waals surface area contributed by atoms with Gasteiger partial charge in [0.25, 0.3) is 0 Å². The van der Waals surface area contributed by atoms with E-state index in [1.54, 1.807) is 17.5 Å². The summed E-state index contributed by atoms with van der Waals surface area (Å²) in [5.41, 5.74) is 4.00. The monoisotopic (exact) mass is 412 g/mol. The molecule has 152 valence electrons. The molecule has 1 aromatic heterocycles. The molecule has 2 atom stereocenters. The lowest BCUT2D eigenvalue weighted by Crippen LogP contribution is -2.41. The average molecular weight is 412 g/mol. The van der Waals surface area contributed by atoms with Crippen molar-refractivity contribution in [3.05, 3.63) is 52.4 Å². The molecule has 1 N–H and O–H groups in total. The van der Waals surface area contributed by atoms with Crippen LogP contribution in [0, 0.1) is 25.7 Å². The van der Waals surface area contributed by atoms with Crippen LogP contribution in [0.3, 0.4) is 0 Å². The van der Waals surface area contributed by atoms with Gasteiger partial charge < -0.3 is 20.0 Å². The van der Waals surface area contributed by atoms with Crippen molar-refractivity contribution in [1.82, 2.24) is 0 Å². The van der Waals surface area contributed by atoms with Gasteiger partial charge in [0.2, 0.25) is 5.91 Å². The van der Waals surface area contributed by atoms with Gasteiger partial charge in [-0.05, 0) is 43.4 Å². The molecule has 3 rings (SSSR count). The molecule has 0 spiro atoms. The van der Waals surface area contributed by atoms with Crippen molar-refractivity contribution in [2.45, 2.75) is 26.7 Å². The predicted molar refractivity (Wildman–Crippen MR) is 110 cm³/mol. The van der Waals surface area contributed by atoms with Crippen LogP contribution in [0.15, 0.2) is 35.7 Å². The quantitative estimate of drug-likeness (QED) is 0.601. The summed E-state index contributed by atoms with van der Waals surface area (Å²) < 4.78 is 4.94. The molecule has 1 aliphatic carbocycles. The molecule has 1 heterocycles. The zero-order valence-electron chi connectivity index (χ0n) is 16.5. The number of hydrogen-bond acceptors (Lipinski definition) is 6. The van der Waals surface area contributed by atoms with Gasteiger partial charge in [-0.3, -0.25) is 4.79 Å². The fraction of sp³-hybridized carbons (Fsp3) is 0.318. The lowest BCUT2D eigenvalue weighted by atomic mass is 9.82. The number of amides is 1. The number of thiophene rings is 1. The maximum absolute atomic E-state index is 12.8. The van der Waals surface area contributed by atoms with E-state index in [0.29, 0.717) is 17.0 Å². The van der Waals surface area contributed by atoms with Crippen LogP contribution in [0.5, 0.6) is 0 Å². The van der Waals surface area contributed by atoms with E-state index in [4.69, 9.17) is 4.74 Å². The Labute approximate surface area is 173 Å². The fourth-order valence-corrected chi connectivity index (χ4v) is 4.41. The molecule has 29 heavy (non-hydrogen) atoms. The fourth-order valence-electron chi connectivity index (χ4n) is 3.45. The van der Waals surface area contributed by atoms with E-state index in [0.717, 1.165) is 16.7 Å². The molecule has 1 aromatic carbocycles. The Bertz CT molecular complexity index is 991. The topological polar surface area (TPSA) is 95.5 Å². The minimum absolute atomic E-state index is 0.253. The Morgan fingerprint density at radius 3 is 2.41 bits per heavy atom. The first-order valence-corrected chi connectivity index (χ1v) is 10.2. The van der Waals surface area contributed by atoms with Gasteiger partial charge in [0.1, 0.15) is 10.6 Å². The number of anilines is 1. The standard InChI is InChI=1S/C22H23NO5S/c1-12-8-9-14(10-13(12)2)17-11-29-20(18(17)22(27)28-3)23-19(24)15-6-4-5-7-16(15)21(25)26/h4-5,8-11,15-16H,6-7H2,1-3H3,(H,23,24)(H,25,26)/p-1/t15-,16+/m0/s1. The Morgan fingerprint density at radius 1 is 1.10 bits per heavy atom. The number of aliphatic carboxylic acids is 1. The summed E-state index contributed by atoms with van der Waals surface area (Å²) in [7, 11) is 1.29. The first-order valence-electron chi connectivity index (χ1n) is 9.27. The number of esters is 1. The number of carboxylic acid groups (broad SMARTS) is 1. The van der Waals surface area contributed by atoms with Crippen LogP contribution in [-0.2, 0) is 14.3 Å². The van der Waals surface area contributed by atoms with Crippen molar-refractivity contribution in [2.75, 3.05) is 12.4 Å². The SMILES string of the molecule is COC(=O)c1c(-c2ccc(C)c(C)c2)csc1NC(=O)[C@H]1CC=CC[C@H]1C(=O)[O-]. The van der Waals surface area contributed by atoms with Gasteiger partial charge in [-0.2, -0.15) is 0 Å². The molecule has 1 amide bonds. The maximum Gasteiger partial charge on any atom is 0.341 e. The lowest BCUT2D eigenvalue weighted by molar-refractivity contribution is -0.313. The molecule has 0 aliphatic heterocycles. The number of carboxylic acids is 1. The predicted octanol–water partition coefficient (Wildman–Crippen LogP) is 3.09.